The average Bonchev–Trinajstić information content (AvgIpc) is 3.76. The SMILES string of the molecule is CCCCc1cccc(-c2ccc(-n3c4ccccc4c4c5c6ccccc6n(-c6ccccc6-c6ccc(-c7ccccc7)cc6)c5ccc43)cc2)c1. The van der Waals surface area contributed by atoms with Crippen molar-refractivity contribution in [3.05, 3.63) is 194 Å². The van der Waals surface area contributed by atoms with Crippen molar-refractivity contribution in [1.82, 2.24) is 9.13 Å². The number of aromatic nitrogens is 2. The maximum absolute atomic E-state index is 2.47. The monoisotopic (exact) mass is 692 g/mol. The van der Waals surface area contributed by atoms with Crippen molar-refractivity contribution in [3.63, 3.8) is 0 Å². The molecule has 10 rings (SSSR count). The molecule has 2 nitrogen and oxygen atoms in total. The summed E-state index contributed by atoms with van der Waals surface area (Å²) in [6.07, 6.45) is 3.56. The molecular weight excluding hydrogens is 653 g/mol. The molecule has 258 valence electrons. The van der Waals surface area contributed by atoms with Crippen LogP contribution in [0.2, 0.25) is 0 Å². The highest BCUT2D eigenvalue weighted by Gasteiger charge is 2.21. The van der Waals surface area contributed by atoms with Crippen molar-refractivity contribution in [2.45, 2.75) is 26.2 Å². The zero-order chi connectivity index (χ0) is 36.0. The third-order valence-electron chi connectivity index (χ3n) is 11.1. The minimum atomic E-state index is 1.13. The van der Waals surface area contributed by atoms with Crippen LogP contribution in [0, 0.1) is 0 Å². The Hall–Kier alpha value is -6.64. The molecule has 0 aliphatic carbocycles. The van der Waals surface area contributed by atoms with Crippen LogP contribution in [0.4, 0.5) is 0 Å². The van der Waals surface area contributed by atoms with Crippen LogP contribution < -0.4 is 0 Å². The number of para-hydroxylation sites is 3. The number of benzene rings is 8. The molecule has 0 bridgehead atoms. The second-order valence-electron chi connectivity index (χ2n) is 14.4. The molecule has 0 aliphatic heterocycles. The molecule has 2 aromatic heterocycles. The van der Waals surface area contributed by atoms with E-state index in [0.29, 0.717) is 0 Å². The van der Waals surface area contributed by atoms with Gasteiger partial charge < -0.3 is 9.13 Å². The van der Waals surface area contributed by atoms with Gasteiger partial charge in [0.15, 0.2) is 0 Å². The van der Waals surface area contributed by atoms with E-state index in [1.807, 2.05) is 0 Å². The molecule has 0 atom stereocenters. The van der Waals surface area contributed by atoms with E-state index in [0.717, 1.165) is 6.42 Å². The molecule has 8 aromatic carbocycles. The fourth-order valence-electron chi connectivity index (χ4n) is 8.53. The van der Waals surface area contributed by atoms with Crippen LogP contribution in [0.25, 0.3) is 88.4 Å². The van der Waals surface area contributed by atoms with Gasteiger partial charge in [0.2, 0.25) is 0 Å². The van der Waals surface area contributed by atoms with E-state index in [9.17, 15) is 0 Å². The molecule has 10 aromatic rings. The van der Waals surface area contributed by atoms with Crippen molar-refractivity contribution >= 4 is 43.6 Å². The minimum Gasteiger partial charge on any atom is -0.309 e. The standard InChI is InChI=1S/C52H40N2/c1-2-3-14-36-15-13-18-41(35-36)39-29-31-42(32-30-39)53-47-23-11-8-20-44(47)51-49(53)33-34-50-52(51)45-21-9-12-24-48(45)54(50)46-22-10-7-19-43(46)40-27-25-38(26-28-40)37-16-5-4-6-17-37/h4-13,15-35H,2-3,14H2,1H3. The normalized spacial score (nSPS) is 11.6. The molecule has 54 heavy (non-hydrogen) atoms. The summed E-state index contributed by atoms with van der Waals surface area (Å²) in [4.78, 5) is 0. The predicted molar refractivity (Wildman–Crippen MR) is 230 cm³/mol. The second kappa shape index (κ2) is 13.4. The Bertz CT molecular complexity index is 2940. The van der Waals surface area contributed by atoms with Crippen molar-refractivity contribution in [1.29, 1.82) is 0 Å². The largest absolute Gasteiger partial charge is 0.309 e. The van der Waals surface area contributed by atoms with Crippen LogP contribution in [-0.4, -0.2) is 9.13 Å². The Morgan fingerprint density at radius 3 is 1.65 bits per heavy atom. The first kappa shape index (κ1) is 32.0. The maximum atomic E-state index is 2.47. The van der Waals surface area contributed by atoms with E-state index in [1.54, 1.807) is 0 Å². The first-order chi connectivity index (χ1) is 26.8. The molecule has 0 spiro atoms. The first-order valence-corrected chi connectivity index (χ1v) is 19.2. The summed E-state index contributed by atoms with van der Waals surface area (Å²) < 4.78 is 4.92. The fourth-order valence-corrected chi connectivity index (χ4v) is 8.53. The van der Waals surface area contributed by atoms with E-state index in [1.165, 1.54) is 107 Å². The van der Waals surface area contributed by atoms with Crippen molar-refractivity contribution < 1.29 is 0 Å². The van der Waals surface area contributed by atoms with E-state index >= 15 is 0 Å². The number of aryl methyl sites for hydroxylation is 1. The lowest BCUT2D eigenvalue weighted by atomic mass is 9.99. The third kappa shape index (κ3) is 5.33. The van der Waals surface area contributed by atoms with Crippen LogP contribution >= 0.6 is 0 Å². The van der Waals surface area contributed by atoms with Gasteiger partial charge in [-0.05, 0) is 88.7 Å². The number of rotatable bonds is 8. The summed E-state index contributed by atoms with van der Waals surface area (Å²) in [5.41, 5.74) is 16.0. The lowest BCUT2D eigenvalue weighted by Crippen LogP contribution is -1.97. The van der Waals surface area contributed by atoms with E-state index in [2.05, 4.69) is 204 Å². The molecule has 0 N–H and O–H groups in total. The van der Waals surface area contributed by atoms with E-state index in [4.69, 9.17) is 0 Å². The van der Waals surface area contributed by atoms with Crippen LogP contribution in [0.5, 0.6) is 0 Å². The summed E-state index contributed by atoms with van der Waals surface area (Å²) >= 11 is 0. The number of nitrogens with zero attached hydrogens (tertiary/aromatic N) is 2. The Kier molecular flexibility index (Phi) is 7.95. The van der Waals surface area contributed by atoms with Crippen LogP contribution in [0.1, 0.15) is 25.3 Å². The van der Waals surface area contributed by atoms with Gasteiger partial charge in [0.1, 0.15) is 0 Å². The molecular formula is C52H40N2. The smallest absolute Gasteiger partial charge is 0.0549 e. The van der Waals surface area contributed by atoms with Gasteiger partial charge >= 0.3 is 0 Å². The quantitative estimate of drug-likeness (QED) is 0.150. The minimum absolute atomic E-state index is 1.13. The number of hydrogen-bond acceptors (Lipinski definition) is 0. The average molecular weight is 693 g/mol. The summed E-state index contributed by atoms with van der Waals surface area (Å²) in [7, 11) is 0. The van der Waals surface area contributed by atoms with Crippen LogP contribution in [-0.2, 0) is 6.42 Å². The van der Waals surface area contributed by atoms with Gasteiger partial charge in [-0.25, -0.2) is 0 Å². The van der Waals surface area contributed by atoms with Gasteiger partial charge in [-0.15, -0.1) is 0 Å². The number of hydrogen-bond donors (Lipinski definition) is 0. The van der Waals surface area contributed by atoms with Crippen molar-refractivity contribution in [3.8, 4) is 44.8 Å². The molecule has 0 saturated heterocycles. The highest BCUT2D eigenvalue weighted by Crippen LogP contribution is 2.43. The van der Waals surface area contributed by atoms with Crippen LogP contribution in [0.15, 0.2) is 188 Å². The van der Waals surface area contributed by atoms with Gasteiger partial charge in [0.05, 0.1) is 27.8 Å². The molecule has 2 heteroatoms. The maximum Gasteiger partial charge on any atom is 0.0549 e. The Balaban J connectivity index is 1.14. The molecule has 2 heterocycles. The molecule has 0 unspecified atom stereocenters. The zero-order valence-electron chi connectivity index (χ0n) is 30.4. The summed E-state index contributed by atoms with van der Waals surface area (Å²) in [6.45, 7) is 2.26. The summed E-state index contributed by atoms with van der Waals surface area (Å²) in [6, 6.07) is 69.0. The number of fused-ring (bicyclic) bond motifs is 7. The van der Waals surface area contributed by atoms with Gasteiger partial charge in [0.25, 0.3) is 0 Å². The van der Waals surface area contributed by atoms with Gasteiger partial charge in [-0.2, -0.15) is 0 Å². The van der Waals surface area contributed by atoms with Crippen molar-refractivity contribution in [2.75, 3.05) is 0 Å². The third-order valence-corrected chi connectivity index (χ3v) is 11.1. The van der Waals surface area contributed by atoms with Gasteiger partial charge in [-0.3, -0.25) is 0 Å². The predicted octanol–water partition coefficient (Wildman–Crippen LogP) is 14.2. The van der Waals surface area contributed by atoms with Crippen LogP contribution in [0.3, 0.4) is 0 Å². The summed E-state index contributed by atoms with van der Waals surface area (Å²) in [5.74, 6) is 0. The Morgan fingerprint density at radius 1 is 0.389 bits per heavy atom. The molecule has 0 amide bonds. The lowest BCUT2D eigenvalue weighted by molar-refractivity contribution is 0.795. The van der Waals surface area contributed by atoms with Gasteiger partial charge in [0, 0.05) is 32.8 Å². The molecule has 0 fully saturated rings. The molecule has 0 aliphatic rings. The first-order valence-electron chi connectivity index (χ1n) is 19.2. The highest BCUT2D eigenvalue weighted by molar-refractivity contribution is 6.29. The second-order valence-corrected chi connectivity index (χ2v) is 14.4. The highest BCUT2D eigenvalue weighted by atomic mass is 15.0. The lowest BCUT2D eigenvalue weighted by Gasteiger charge is -2.15. The zero-order valence-corrected chi connectivity index (χ0v) is 30.4. The Labute approximate surface area is 316 Å². The van der Waals surface area contributed by atoms with E-state index in [-0.39, 0.29) is 0 Å². The van der Waals surface area contributed by atoms with Crippen molar-refractivity contribution in [2.24, 2.45) is 0 Å². The van der Waals surface area contributed by atoms with Gasteiger partial charge in [-0.1, -0.05) is 159 Å². The Morgan fingerprint density at radius 2 is 0.926 bits per heavy atom. The van der Waals surface area contributed by atoms with E-state index < -0.39 is 0 Å². The fraction of sp³-hybridized carbons (Fsp3) is 0.0769. The topological polar surface area (TPSA) is 9.86 Å². The summed E-state index contributed by atoms with van der Waals surface area (Å²) in [5, 5.41) is 5.09. The number of unbranched alkanes of at least 4 members (excludes halogenated alkanes) is 1. The molecule has 0 saturated carbocycles. The molecule has 0 radical (unpaired) electrons.